The minimum absolute atomic E-state index is 0.0521. The summed E-state index contributed by atoms with van der Waals surface area (Å²) in [5, 5.41) is 0. The van der Waals surface area contributed by atoms with Crippen LogP contribution in [0.15, 0.2) is 0 Å². The molecule has 4 heteroatoms. The van der Waals surface area contributed by atoms with Gasteiger partial charge in [-0.2, -0.15) is 0 Å². The van der Waals surface area contributed by atoms with Crippen molar-refractivity contribution in [2.75, 3.05) is 6.61 Å². The lowest BCUT2D eigenvalue weighted by Crippen LogP contribution is -2.22. The Morgan fingerprint density at radius 1 is 1.86 bits per heavy atom. The van der Waals surface area contributed by atoms with Crippen molar-refractivity contribution in [3.8, 4) is 0 Å². The number of hydrogen-bond acceptors (Lipinski definition) is 3. The minimum atomic E-state index is 0.0521. The highest BCUT2D eigenvalue weighted by molar-refractivity contribution is 7.93. The number of carbonyl (C=O) groups is 1. The van der Waals surface area contributed by atoms with Gasteiger partial charge in [0.1, 0.15) is 12.2 Å². The fourth-order valence-electron chi connectivity index (χ4n) is 0.303. The van der Waals surface area contributed by atoms with Crippen molar-refractivity contribution >= 4 is 18.1 Å². The highest BCUT2D eigenvalue weighted by Crippen LogP contribution is 2.03. The minimum Gasteiger partial charge on any atom is -0.296 e. The number of rotatable bonds is 0. The summed E-state index contributed by atoms with van der Waals surface area (Å²) in [5.74, 6) is 0.0521. The van der Waals surface area contributed by atoms with Crippen molar-refractivity contribution < 1.29 is 8.98 Å². The van der Waals surface area contributed by atoms with Gasteiger partial charge in [0, 0.05) is 0 Å². The van der Waals surface area contributed by atoms with Gasteiger partial charge in [0.25, 0.3) is 0 Å². The molecule has 1 aliphatic heterocycles. The van der Waals surface area contributed by atoms with Crippen LogP contribution in [-0.2, 0) is 8.98 Å². The summed E-state index contributed by atoms with van der Waals surface area (Å²) in [4.78, 5) is 10.3. The Morgan fingerprint density at radius 3 is 3.00 bits per heavy atom. The van der Waals surface area contributed by atoms with Gasteiger partial charge in [-0.3, -0.25) is 13.7 Å². The summed E-state index contributed by atoms with van der Waals surface area (Å²) in [7, 11) is 0. The highest BCUT2D eigenvalue weighted by atomic mass is 32.2. The van der Waals surface area contributed by atoms with Crippen LogP contribution in [-0.4, -0.2) is 12.5 Å². The van der Waals surface area contributed by atoms with Gasteiger partial charge in [-0.05, 0) is 0 Å². The Balaban J connectivity index is 2.25. The molecular weight excluding hydrogens is 114 g/mol. The predicted molar refractivity (Wildman–Crippen MR) is 26.3 cm³/mol. The molecule has 0 unspecified atom stereocenters. The molecule has 0 aromatic rings. The maximum Gasteiger partial charge on any atom is 0.233 e. The van der Waals surface area contributed by atoms with Gasteiger partial charge in [-0.1, -0.05) is 0 Å². The lowest BCUT2D eigenvalue weighted by molar-refractivity contribution is -0.120. The maximum atomic E-state index is 10.3. The van der Waals surface area contributed by atoms with Gasteiger partial charge in [0.15, 0.2) is 0 Å². The zero-order valence-corrected chi connectivity index (χ0v) is 4.46. The van der Waals surface area contributed by atoms with Gasteiger partial charge in [-0.25, -0.2) is 0 Å². The molecule has 0 aromatic carbocycles. The molecular formula is C3H5NO2S. The Bertz CT molecular complexity index is 77.0. The first-order valence-electron chi connectivity index (χ1n) is 1.97. The molecule has 1 aliphatic rings. The molecule has 3 nitrogen and oxygen atoms in total. The molecule has 1 heterocycles. The first kappa shape index (κ1) is 4.93. The standard InChI is InChI=1S/C3H5NO2S/c5-3-1-2-6-7-4-3/h1-2H2,(H,4,5). The van der Waals surface area contributed by atoms with Gasteiger partial charge in [0.2, 0.25) is 5.91 Å². The van der Waals surface area contributed by atoms with Crippen LogP contribution in [0.2, 0.25) is 0 Å². The first-order valence-corrected chi connectivity index (χ1v) is 2.71. The second-order valence-electron chi connectivity index (χ2n) is 1.18. The zero-order chi connectivity index (χ0) is 5.11. The molecule has 1 amide bonds. The molecule has 0 radical (unpaired) electrons. The van der Waals surface area contributed by atoms with Gasteiger partial charge < -0.3 is 0 Å². The molecule has 1 rings (SSSR count). The summed E-state index contributed by atoms with van der Waals surface area (Å²) in [6.45, 7) is 0.538. The third-order valence-electron chi connectivity index (χ3n) is 0.627. The van der Waals surface area contributed by atoms with Crippen molar-refractivity contribution in [2.24, 2.45) is 0 Å². The predicted octanol–water partition coefficient (Wildman–Crippen LogP) is 0.0861. The third kappa shape index (κ3) is 1.36. The molecule has 1 saturated heterocycles. The van der Waals surface area contributed by atoms with E-state index in [0.717, 1.165) is 12.2 Å². The van der Waals surface area contributed by atoms with E-state index in [1.165, 1.54) is 0 Å². The number of amides is 1. The zero-order valence-electron chi connectivity index (χ0n) is 3.64. The Kier molecular flexibility index (Phi) is 1.54. The van der Waals surface area contributed by atoms with Crippen LogP contribution in [0, 0.1) is 0 Å². The van der Waals surface area contributed by atoms with Crippen molar-refractivity contribution in [2.45, 2.75) is 6.42 Å². The topological polar surface area (TPSA) is 38.3 Å². The van der Waals surface area contributed by atoms with Gasteiger partial charge in [-0.15, -0.1) is 0 Å². The lowest BCUT2D eigenvalue weighted by atomic mass is 10.4. The number of nitrogens with one attached hydrogen (secondary N) is 1. The monoisotopic (exact) mass is 119 g/mol. The smallest absolute Gasteiger partial charge is 0.233 e. The van der Waals surface area contributed by atoms with Crippen molar-refractivity contribution in [1.29, 1.82) is 0 Å². The first-order chi connectivity index (χ1) is 3.39. The summed E-state index contributed by atoms with van der Waals surface area (Å²) >= 11 is 1.00. The molecule has 0 aliphatic carbocycles. The summed E-state index contributed by atoms with van der Waals surface area (Å²) < 4.78 is 7.16. The van der Waals surface area contributed by atoms with E-state index in [1.807, 2.05) is 0 Å². The van der Waals surface area contributed by atoms with Crippen molar-refractivity contribution in [3.63, 3.8) is 0 Å². The molecule has 0 bridgehead atoms. The van der Waals surface area contributed by atoms with E-state index >= 15 is 0 Å². The number of carbonyl (C=O) groups excluding carboxylic acids is 1. The van der Waals surface area contributed by atoms with E-state index in [2.05, 4.69) is 4.72 Å². The summed E-state index contributed by atoms with van der Waals surface area (Å²) in [5.41, 5.74) is 0. The molecule has 1 fully saturated rings. The Hall–Kier alpha value is -0.220. The van der Waals surface area contributed by atoms with Gasteiger partial charge >= 0.3 is 0 Å². The van der Waals surface area contributed by atoms with E-state index in [4.69, 9.17) is 4.18 Å². The van der Waals surface area contributed by atoms with Crippen LogP contribution in [0.5, 0.6) is 0 Å². The lowest BCUT2D eigenvalue weighted by Gasteiger charge is -2.07. The van der Waals surface area contributed by atoms with Gasteiger partial charge in [0.05, 0.1) is 13.0 Å². The maximum absolute atomic E-state index is 10.3. The molecule has 0 spiro atoms. The molecule has 1 N–H and O–H groups in total. The Morgan fingerprint density at radius 2 is 2.71 bits per heavy atom. The SMILES string of the molecule is O=C1CCOSN1. The second-order valence-corrected chi connectivity index (χ2v) is 1.79. The largest absolute Gasteiger partial charge is 0.296 e. The normalized spacial score (nSPS) is 21.4. The van der Waals surface area contributed by atoms with Crippen molar-refractivity contribution in [1.82, 2.24) is 4.72 Å². The van der Waals surface area contributed by atoms with Crippen molar-refractivity contribution in [3.05, 3.63) is 0 Å². The fourth-order valence-corrected chi connectivity index (χ4v) is 0.724. The fraction of sp³-hybridized carbons (Fsp3) is 0.667. The van der Waals surface area contributed by atoms with E-state index < -0.39 is 0 Å². The van der Waals surface area contributed by atoms with Crippen LogP contribution in [0.1, 0.15) is 6.42 Å². The molecule has 0 aromatic heterocycles. The van der Waals surface area contributed by atoms with Crippen LogP contribution in [0.4, 0.5) is 0 Å². The molecule has 40 valence electrons. The van der Waals surface area contributed by atoms with E-state index in [-0.39, 0.29) is 5.91 Å². The van der Waals surface area contributed by atoms with E-state index in [1.54, 1.807) is 0 Å². The molecule has 7 heavy (non-hydrogen) atoms. The number of hydrogen-bond donors (Lipinski definition) is 1. The average molecular weight is 119 g/mol. The second kappa shape index (κ2) is 2.18. The summed E-state index contributed by atoms with van der Waals surface area (Å²) in [6.07, 6.45) is 0.493. The summed E-state index contributed by atoms with van der Waals surface area (Å²) in [6, 6.07) is 0. The van der Waals surface area contributed by atoms with E-state index in [0.29, 0.717) is 13.0 Å². The molecule has 0 saturated carbocycles. The Labute approximate surface area is 45.8 Å². The highest BCUT2D eigenvalue weighted by Gasteiger charge is 2.06. The van der Waals surface area contributed by atoms with Crippen LogP contribution in [0.3, 0.4) is 0 Å². The van der Waals surface area contributed by atoms with Crippen LogP contribution >= 0.6 is 12.2 Å². The van der Waals surface area contributed by atoms with Crippen LogP contribution in [0.25, 0.3) is 0 Å². The average Bonchev–Trinajstić information content (AvgIpc) is 1.69. The van der Waals surface area contributed by atoms with Crippen LogP contribution < -0.4 is 4.72 Å². The molecule has 0 atom stereocenters. The quantitative estimate of drug-likeness (QED) is 0.362. The third-order valence-corrected chi connectivity index (χ3v) is 1.22. The van der Waals surface area contributed by atoms with E-state index in [9.17, 15) is 4.79 Å².